The molecule has 1 atom stereocenters. The third-order valence-corrected chi connectivity index (χ3v) is 4.98. The van der Waals surface area contributed by atoms with Crippen LogP contribution in [0.15, 0.2) is 43.0 Å². The van der Waals surface area contributed by atoms with Gasteiger partial charge < -0.3 is 16.8 Å². The van der Waals surface area contributed by atoms with E-state index in [0.717, 1.165) is 11.1 Å². The van der Waals surface area contributed by atoms with Gasteiger partial charge in [-0.3, -0.25) is 14.6 Å². The molecule has 2 amide bonds. The summed E-state index contributed by atoms with van der Waals surface area (Å²) in [5.74, 6) is -1.06. The zero-order chi connectivity index (χ0) is 19.8. The molecule has 0 radical (unpaired) electrons. The van der Waals surface area contributed by atoms with Crippen LogP contribution in [0.25, 0.3) is 16.6 Å². The lowest BCUT2D eigenvalue weighted by Gasteiger charge is -2.30. The van der Waals surface area contributed by atoms with E-state index in [1.165, 1.54) is 6.20 Å². The highest BCUT2D eigenvalue weighted by molar-refractivity contribution is 6.02. The quantitative estimate of drug-likeness (QED) is 0.613. The summed E-state index contributed by atoms with van der Waals surface area (Å²) in [6.07, 6.45) is 6.69. The Labute approximate surface area is 156 Å². The van der Waals surface area contributed by atoms with E-state index in [1.54, 1.807) is 30.8 Å². The first-order valence-electron chi connectivity index (χ1n) is 8.50. The molecule has 3 aromatic heterocycles. The number of fused-ring (bicyclic) bond motifs is 1. The first-order valence-corrected chi connectivity index (χ1v) is 8.50. The number of hydrogen-bond donors (Lipinski definition) is 3. The number of primary amides is 2. The summed E-state index contributed by atoms with van der Waals surface area (Å²) in [6, 6.07) is 5.32. The van der Waals surface area contributed by atoms with Crippen LogP contribution in [-0.4, -0.2) is 32.5 Å². The molecular formula is C19H22N6O2. The molecule has 0 aliphatic heterocycles. The van der Waals surface area contributed by atoms with Crippen LogP contribution in [0.5, 0.6) is 0 Å². The molecule has 0 saturated heterocycles. The van der Waals surface area contributed by atoms with Gasteiger partial charge in [-0.15, -0.1) is 0 Å². The minimum atomic E-state index is -0.839. The number of carbonyl (C=O) groups is 2. The fraction of sp³-hybridized carbons (Fsp3) is 0.263. The van der Waals surface area contributed by atoms with Gasteiger partial charge in [0.15, 0.2) is 0 Å². The summed E-state index contributed by atoms with van der Waals surface area (Å²) in [4.78, 5) is 27.9. The Morgan fingerprint density at radius 2 is 1.96 bits per heavy atom. The molecular weight excluding hydrogens is 344 g/mol. The molecule has 0 aromatic carbocycles. The lowest BCUT2D eigenvalue weighted by Crippen LogP contribution is -2.44. The Balaban J connectivity index is 2.13. The fourth-order valence-corrected chi connectivity index (χ4v) is 2.70. The maximum absolute atomic E-state index is 11.9. The molecule has 1 unspecified atom stereocenters. The van der Waals surface area contributed by atoms with Crippen LogP contribution in [0.3, 0.4) is 0 Å². The maximum Gasteiger partial charge on any atom is 0.252 e. The molecule has 3 rings (SSSR count). The Morgan fingerprint density at radius 3 is 2.56 bits per heavy atom. The molecule has 0 fully saturated rings. The number of amides is 2. The predicted octanol–water partition coefficient (Wildman–Crippen LogP) is 1.81. The summed E-state index contributed by atoms with van der Waals surface area (Å²) < 4.78 is 1.65. The van der Waals surface area contributed by atoms with E-state index in [0.29, 0.717) is 11.2 Å². The Bertz CT molecular complexity index is 1010. The highest BCUT2D eigenvalue weighted by atomic mass is 16.1. The molecule has 3 heterocycles. The minimum absolute atomic E-state index is 0.241. The van der Waals surface area contributed by atoms with Crippen LogP contribution in [0.4, 0.5) is 5.69 Å². The second-order valence-electron chi connectivity index (χ2n) is 7.05. The van der Waals surface area contributed by atoms with E-state index in [-0.39, 0.29) is 11.6 Å². The van der Waals surface area contributed by atoms with Crippen LogP contribution in [0.1, 0.15) is 31.1 Å². The number of nitrogens with zero attached hydrogens (tertiary/aromatic N) is 3. The zero-order valence-corrected chi connectivity index (χ0v) is 15.4. The number of rotatable bonds is 6. The molecule has 0 aliphatic carbocycles. The van der Waals surface area contributed by atoms with Crippen molar-refractivity contribution in [2.45, 2.75) is 26.8 Å². The molecule has 5 N–H and O–H groups in total. The van der Waals surface area contributed by atoms with Gasteiger partial charge in [0.2, 0.25) is 5.91 Å². The van der Waals surface area contributed by atoms with Crippen LogP contribution in [-0.2, 0) is 4.79 Å². The first-order chi connectivity index (χ1) is 12.7. The highest BCUT2D eigenvalue weighted by Gasteiger charge is 2.33. The van der Waals surface area contributed by atoms with Gasteiger partial charge in [-0.05, 0) is 32.9 Å². The van der Waals surface area contributed by atoms with Gasteiger partial charge in [-0.25, -0.2) is 4.52 Å². The largest absolute Gasteiger partial charge is 0.379 e. The summed E-state index contributed by atoms with van der Waals surface area (Å²) in [5.41, 5.74) is 13.4. The number of anilines is 1. The fourth-order valence-electron chi connectivity index (χ4n) is 2.70. The predicted molar refractivity (Wildman–Crippen MR) is 103 cm³/mol. The lowest BCUT2D eigenvalue weighted by atomic mass is 9.84. The van der Waals surface area contributed by atoms with Crippen LogP contribution >= 0.6 is 0 Å². The topological polar surface area (TPSA) is 128 Å². The van der Waals surface area contributed by atoms with Crippen molar-refractivity contribution in [1.29, 1.82) is 0 Å². The average molecular weight is 366 g/mol. The molecule has 0 spiro atoms. The molecule has 3 aromatic rings. The number of pyridine rings is 1. The van der Waals surface area contributed by atoms with Gasteiger partial charge in [0.05, 0.1) is 28.4 Å². The van der Waals surface area contributed by atoms with E-state index in [2.05, 4.69) is 15.4 Å². The third-order valence-electron chi connectivity index (χ3n) is 4.98. The van der Waals surface area contributed by atoms with Crippen molar-refractivity contribution in [2.75, 3.05) is 5.32 Å². The van der Waals surface area contributed by atoms with E-state index in [9.17, 15) is 9.59 Å². The Morgan fingerprint density at radius 1 is 1.22 bits per heavy atom. The zero-order valence-electron chi connectivity index (χ0n) is 15.4. The number of hydrogen-bond acceptors (Lipinski definition) is 5. The third kappa shape index (κ3) is 3.33. The molecule has 0 bridgehead atoms. The summed E-state index contributed by atoms with van der Waals surface area (Å²) in [6.45, 7) is 5.32. The van der Waals surface area contributed by atoms with E-state index in [4.69, 9.17) is 11.5 Å². The SMILES string of the molecule is CC(Nc1c(C(N)=O)cnn2cc(-c3cccnc3)cc12)C(C)(C)C(N)=O. The van der Waals surface area contributed by atoms with Crippen molar-refractivity contribution in [3.8, 4) is 11.1 Å². The van der Waals surface area contributed by atoms with Gasteiger partial charge >= 0.3 is 0 Å². The number of nitrogens with two attached hydrogens (primary N) is 2. The minimum Gasteiger partial charge on any atom is -0.379 e. The maximum atomic E-state index is 11.9. The number of carbonyl (C=O) groups excluding carboxylic acids is 2. The Hall–Kier alpha value is -3.42. The van der Waals surface area contributed by atoms with Gasteiger partial charge in [-0.1, -0.05) is 6.07 Å². The summed E-state index contributed by atoms with van der Waals surface area (Å²) in [7, 11) is 0. The van der Waals surface area contributed by atoms with E-state index >= 15 is 0 Å². The smallest absolute Gasteiger partial charge is 0.252 e. The van der Waals surface area contributed by atoms with Crippen molar-refractivity contribution >= 4 is 23.0 Å². The monoisotopic (exact) mass is 366 g/mol. The number of nitrogens with one attached hydrogen (secondary N) is 1. The average Bonchev–Trinajstić information content (AvgIpc) is 3.07. The first kappa shape index (κ1) is 18.4. The van der Waals surface area contributed by atoms with E-state index in [1.807, 2.05) is 31.3 Å². The second-order valence-corrected chi connectivity index (χ2v) is 7.05. The number of aromatic nitrogens is 3. The van der Waals surface area contributed by atoms with E-state index < -0.39 is 17.2 Å². The summed E-state index contributed by atoms with van der Waals surface area (Å²) in [5, 5.41) is 7.52. The standard InChI is InChI=1S/C19H22N6O2/c1-11(19(2,3)18(21)27)24-16-14(17(20)26)9-23-25-10-13(7-15(16)25)12-5-4-6-22-8-12/h4-11,24H,1-3H3,(H2,20,26)(H2,21,27). The van der Waals surface area contributed by atoms with Crippen molar-refractivity contribution in [3.05, 3.63) is 48.5 Å². The second kappa shape index (κ2) is 6.71. The molecule has 0 aliphatic rings. The summed E-state index contributed by atoms with van der Waals surface area (Å²) >= 11 is 0. The van der Waals surface area contributed by atoms with Crippen molar-refractivity contribution in [1.82, 2.24) is 14.6 Å². The molecule has 8 heteroatoms. The Kier molecular flexibility index (Phi) is 4.57. The van der Waals surface area contributed by atoms with Crippen LogP contribution in [0, 0.1) is 5.41 Å². The van der Waals surface area contributed by atoms with Gasteiger partial charge in [-0.2, -0.15) is 5.10 Å². The van der Waals surface area contributed by atoms with Crippen molar-refractivity contribution in [3.63, 3.8) is 0 Å². The van der Waals surface area contributed by atoms with Crippen LogP contribution < -0.4 is 16.8 Å². The lowest BCUT2D eigenvalue weighted by molar-refractivity contribution is -0.126. The van der Waals surface area contributed by atoms with Gasteiger partial charge in [0, 0.05) is 35.8 Å². The van der Waals surface area contributed by atoms with Gasteiger partial charge in [0.1, 0.15) is 0 Å². The normalized spacial score (nSPS) is 12.7. The molecule has 8 nitrogen and oxygen atoms in total. The van der Waals surface area contributed by atoms with Crippen molar-refractivity contribution < 1.29 is 9.59 Å². The molecule has 0 saturated carbocycles. The van der Waals surface area contributed by atoms with Gasteiger partial charge in [0.25, 0.3) is 5.91 Å². The highest BCUT2D eigenvalue weighted by Crippen LogP contribution is 2.31. The molecule has 140 valence electrons. The van der Waals surface area contributed by atoms with Crippen molar-refractivity contribution in [2.24, 2.45) is 16.9 Å². The molecule has 27 heavy (non-hydrogen) atoms. The van der Waals surface area contributed by atoms with Crippen LogP contribution in [0.2, 0.25) is 0 Å².